The van der Waals surface area contributed by atoms with Crippen LogP contribution in [0.15, 0.2) is 0 Å². The van der Waals surface area contributed by atoms with Crippen molar-refractivity contribution < 1.29 is 0 Å². The van der Waals surface area contributed by atoms with Crippen LogP contribution in [0.4, 0.5) is 0 Å². The van der Waals surface area contributed by atoms with E-state index in [0.717, 1.165) is 23.9 Å². The molecule has 1 aliphatic carbocycles. The highest BCUT2D eigenvalue weighted by Crippen LogP contribution is 2.33. The van der Waals surface area contributed by atoms with Crippen LogP contribution in [-0.4, -0.2) is 36.6 Å². The van der Waals surface area contributed by atoms with Crippen LogP contribution in [0, 0.1) is 11.8 Å². The highest BCUT2D eigenvalue weighted by Gasteiger charge is 2.33. The second-order valence-corrected chi connectivity index (χ2v) is 6.37. The number of nitrogens with one attached hydrogen (secondary N) is 1. The van der Waals surface area contributed by atoms with Gasteiger partial charge in [-0.1, -0.05) is 33.6 Å². The molecule has 1 heterocycles. The SMILES string of the molecule is CCCN(C1CNC1)C1CCCC(C(C)C)C1. The van der Waals surface area contributed by atoms with Gasteiger partial charge in [-0.2, -0.15) is 0 Å². The molecule has 1 aliphatic heterocycles. The molecule has 0 aromatic carbocycles. The summed E-state index contributed by atoms with van der Waals surface area (Å²) in [4.78, 5) is 2.82. The molecule has 0 spiro atoms. The van der Waals surface area contributed by atoms with Crippen molar-refractivity contribution in [2.75, 3.05) is 19.6 Å². The molecule has 1 saturated heterocycles. The summed E-state index contributed by atoms with van der Waals surface area (Å²) < 4.78 is 0. The molecule has 0 radical (unpaired) electrons. The summed E-state index contributed by atoms with van der Waals surface area (Å²) in [7, 11) is 0. The lowest BCUT2D eigenvalue weighted by molar-refractivity contribution is 0.0517. The average Bonchev–Trinajstić information content (AvgIpc) is 2.26. The Morgan fingerprint density at radius 3 is 2.47 bits per heavy atom. The molecule has 2 fully saturated rings. The van der Waals surface area contributed by atoms with Crippen LogP contribution >= 0.6 is 0 Å². The van der Waals surface area contributed by atoms with Gasteiger partial charge in [0.05, 0.1) is 0 Å². The van der Waals surface area contributed by atoms with Gasteiger partial charge in [0.25, 0.3) is 0 Å². The number of nitrogens with zero attached hydrogens (tertiary/aromatic N) is 1. The first-order chi connectivity index (χ1) is 8.22. The molecule has 0 amide bonds. The third-order valence-corrected chi connectivity index (χ3v) is 4.81. The maximum absolute atomic E-state index is 3.43. The van der Waals surface area contributed by atoms with Crippen molar-refractivity contribution in [3.63, 3.8) is 0 Å². The van der Waals surface area contributed by atoms with E-state index in [9.17, 15) is 0 Å². The lowest BCUT2D eigenvalue weighted by Crippen LogP contribution is -2.60. The second-order valence-electron chi connectivity index (χ2n) is 6.37. The van der Waals surface area contributed by atoms with Gasteiger partial charge in [0.2, 0.25) is 0 Å². The van der Waals surface area contributed by atoms with E-state index in [4.69, 9.17) is 0 Å². The minimum Gasteiger partial charge on any atom is -0.314 e. The summed E-state index contributed by atoms with van der Waals surface area (Å²) in [5, 5.41) is 3.43. The van der Waals surface area contributed by atoms with Crippen LogP contribution < -0.4 is 5.32 Å². The van der Waals surface area contributed by atoms with Gasteiger partial charge in [-0.15, -0.1) is 0 Å². The second kappa shape index (κ2) is 6.19. The Morgan fingerprint density at radius 1 is 1.18 bits per heavy atom. The van der Waals surface area contributed by atoms with Gasteiger partial charge in [-0.25, -0.2) is 0 Å². The Bertz CT molecular complexity index is 223. The predicted molar refractivity (Wildman–Crippen MR) is 74.2 cm³/mol. The van der Waals surface area contributed by atoms with Gasteiger partial charge in [-0.05, 0) is 37.6 Å². The zero-order chi connectivity index (χ0) is 12.3. The Balaban J connectivity index is 1.92. The third-order valence-electron chi connectivity index (χ3n) is 4.81. The maximum atomic E-state index is 3.43. The largest absolute Gasteiger partial charge is 0.314 e. The Morgan fingerprint density at radius 2 is 1.94 bits per heavy atom. The molecule has 0 aromatic heterocycles. The Hall–Kier alpha value is -0.0800. The third kappa shape index (κ3) is 3.23. The van der Waals surface area contributed by atoms with Crippen molar-refractivity contribution in [3.8, 4) is 0 Å². The molecular formula is C15H30N2. The van der Waals surface area contributed by atoms with Crippen molar-refractivity contribution in [1.82, 2.24) is 10.2 Å². The quantitative estimate of drug-likeness (QED) is 0.792. The molecule has 1 N–H and O–H groups in total. The first kappa shape index (κ1) is 13.4. The zero-order valence-electron chi connectivity index (χ0n) is 11.9. The van der Waals surface area contributed by atoms with Gasteiger partial charge >= 0.3 is 0 Å². The molecule has 0 bridgehead atoms. The summed E-state index contributed by atoms with van der Waals surface area (Å²) in [6, 6.07) is 1.72. The Kier molecular flexibility index (Phi) is 4.87. The zero-order valence-corrected chi connectivity index (χ0v) is 11.9. The van der Waals surface area contributed by atoms with Gasteiger partial charge in [0.15, 0.2) is 0 Å². The maximum Gasteiger partial charge on any atom is 0.0348 e. The highest BCUT2D eigenvalue weighted by molar-refractivity contribution is 4.91. The van der Waals surface area contributed by atoms with Crippen molar-refractivity contribution in [1.29, 1.82) is 0 Å². The summed E-state index contributed by atoms with van der Waals surface area (Å²) in [5.41, 5.74) is 0. The molecule has 2 heteroatoms. The average molecular weight is 238 g/mol. The summed E-state index contributed by atoms with van der Waals surface area (Å²) in [5.74, 6) is 1.85. The smallest absolute Gasteiger partial charge is 0.0348 e. The van der Waals surface area contributed by atoms with E-state index < -0.39 is 0 Å². The number of hydrogen-bond donors (Lipinski definition) is 1. The van der Waals surface area contributed by atoms with E-state index in [2.05, 4.69) is 31.0 Å². The van der Waals surface area contributed by atoms with E-state index in [1.807, 2.05) is 0 Å². The van der Waals surface area contributed by atoms with Crippen molar-refractivity contribution in [2.24, 2.45) is 11.8 Å². The molecule has 0 aromatic rings. The normalized spacial score (nSPS) is 30.9. The monoisotopic (exact) mass is 238 g/mol. The molecule has 17 heavy (non-hydrogen) atoms. The van der Waals surface area contributed by atoms with E-state index in [1.54, 1.807) is 0 Å². The number of hydrogen-bond acceptors (Lipinski definition) is 2. The topological polar surface area (TPSA) is 15.3 Å². The standard InChI is InChI=1S/C15H30N2/c1-4-8-17(15-10-16-11-15)14-7-5-6-13(9-14)12(2)3/h12-16H,4-11H2,1-3H3. The fraction of sp³-hybridized carbons (Fsp3) is 1.00. The lowest BCUT2D eigenvalue weighted by atomic mass is 9.78. The van der Waals surface area contributed by atoms with Crippen LogP contribution in [0.25, 0.3) is 0 Å². The minimum absolute atomic E-state index is 0.839. The van der Waals surface area contributed by atoms with Crippen molar-refractivity contribution in [3.05, 3.63) is 0 Å². The van der Waals surface area contributed by atoms with Gasteiger partial charge < -0.3 is 5.32 Å². The summed E-state index contributed by atoms with van der Waals surface area (Å²) in [6.07, 6.45) is 7.12. The molecule has 2 nitrogen and oxygen atoms in total. The highest BCUT2D eigenvalue weighted by atomic mass is 15.3. The molecule has 2 unspecified atom stereocenters. The predicted octanol–water partition coefficient (Wildman–Crippen LogP) is 2.89. The van der Waals surface area contributed by atoms with Gasteiger partial charge in [-0.3, -0.25) is 4.90 Å². The van der Waals surface area contributed by atoms with Crippen LogP contribution in [0.3, 0.4) is 0 Å². The summed E-state index contributed by atoms with van der Waals surface area (Å²) in [6.45, 7) is 10.9. The van der Waals surface area contributed by atoms with E-state index >= 15 is 0 Å². The van der Waals surface area contributed by atoms with Gasteiger partial charge in [0.1, 0.15) is 0 Å². The minimum atomic E-state index is 0.839. The first-order valence-electron chi connectivity index (χ1n) is 7.68. The molecule has 100 valence electrons. The summed E-state index contributed by atoms with van der Waals surface area (Å²) >= 11 is 0. The Labute approximate surface area is 107 Å². The van der Waals surface area contributed by atoms with Crippen LogP contribution in [-0.2, 0) is 0 Å². The van der Waals surface area contributed by atoms with E-state index in [0.29, 0.717) is 0 Å². The van der Waals surface area contributed by atoms with E-state index in [1.165, 1.54) is 51.7 Å². The molecule has 2 aliphatic rings. The fourth-order valence-electron chi connectivity index (χ4n) is 3.54. The van der Waals surface area contributed by atoms with Crippen molar-refractivity contribution in [2.45, 2.75) is 65.0 Å². The fourth-order valence-corrected chi connectivity index (χ4v) is 3.54. The molecule has 2 rings (SSSR count). The van der Waals surface area contributed by atoms with E-state index in [-0.39, 0.29) is 0 Å². The van der Waals surface area contributed by atoms with Gasteiger partial charge in [0, 0.05) is 25.2 Å². The molecule has 2 atom stereocenters. The van der Waals surface area contributed by atoms with Crippen LogP contribution in [0.5, 0.6) is 0 Å². The number of rotatable bonds is 5. The van der Waals surface area contributed by atoms with Crippen molar-refractivity contribution >= 4 is 0 Å². The van der Waals surface area contributed by atoms with Crippen LogP contribution in [0.2, 0.25) is 0 Å². The molecule has 1 saturated carbocycles. The first-order valence-corrected chi connectivity index (χ1v) is 7.68. The van der Waals surface area contributed by atoms with Crippen LogP contribution in [0.1, 0.15) is 52.9 Å². The molecular weight excluding hydrogens is 208 g/mol. The lowest BCUT2D eigenvalue weighted by Gasteiger charge is -2.46.